The highest BCUT2D eigenvalue weighted by Gasteiger charge is 2.24. The van der Waals surface area contributed by atoms with E-state index < -0.39 is 6.04 Å². The zero-order chi connectivity index (χ0) is 19.0. The predicted molar refractivity (Wildman–Crippen MR) is 98.6 cm³/mol. The number of aromatic nitrogens is 7. The minimum absolute atomic E-state index is 0.148. The Kier molecular flexibility index (Phi) is 4.46. The lowest BCUT2D eigenvalue weighted by molar-refractivity contribution is -0.124. The average Bonchev–Trinajstić information content (AvgIpc) is 3.20. The summed E-state index contributed by atoms with van der Waals surface area (Å²) in [6.07, 6.45) is 7.31. The van der Waals surface area contributed by atoms with Crippen LogP contribution in [0.2, 0.25) is 0 Å². The van der Waals surface area contributed by atoms with Gasteiger partial charge in [0.05, 0.1) is 12.4 Å². The van der Waals surface area contributed by atoms with Gasteiger partial charge in [-0.25, -0.2) is 15.0 Å². The fraction of sp³-hybridized carbons (Fsp3) is 0.529. The maximum atomic E-state index is 12.8. The Labute approximate surface area is 156 Å². The number of rotatable bonds is 4. The summed E-state index contributed by atoms with van der Waals surface area (Å²) in [5.41, 5.74) is 6.85. The van der Waals surface area contributed by atoms with E-state index in [1.54, 1.807) is 17.8 Å². The van der Waals surface area contributed by atoms with Crippen molar-refractivity contribution in [2.24, 2.45) is 0 Å². The summed E-state index contributed by atoms with van der Waals surface area (Å²) < 4.78 is 3.84. The number of fused-ring (bicyclic) bond motifs is 2. The Bertz CT molecular complexity index is 976. The number of nitrogens with zero attached hydrogens (tertiary/aromatic N) is 7. The van der Waals surface area contributed by atoms with E-state index in [1.165, 1.54) is 12.7 Å². The fourth-order valence-corrected chi connectivity index (χ4v) is 3.51. The molecule has 4 rings (SSSR count). The number of hydrogen-bond donors (Lipinski definition) is 2. The first kappa shape index (κ1) is 17.4. The van der Waals surface area contributed by atoms with E-state index in [9.17, 15) is 4.79 Å². The van der Waals surface area contributed by atoms with Crippen LogP contribution in [0.15, 0.2) is 12.7 Å². The van der Waals surface area contributed by atoms with Crippen LogP contribution >= 0.6 is 0 Å². The summed E-state index contributed by atoms with van der Waals surface area (Å²) in [6.45, 7) is 4.63. The van der Waals surface area contributed by atoms with Crippen LogP contribution in [0, 0.1) is 0 Å². The molecule has 3 N–H and O–H groups in total. The van der Waals surface area contributed by atoms with Gasteiger partial charge in [0, 0.05) is 13.0 Å². The average molecular weight is 369 g/mol. The summed E-state index contributed by atoms with van der Waals surface area (Å²) in [4.78, 5) is 25.2. The molecular formula is C17H23N9O. The summed E-state index contributed by atoms with van der Waals surface area (Å²) in [5, 5.41) is 11.7. The van der Waals surface area contributed by atoms with Crippen molar-refractivity contribution in [3.8, 4) is 0 Å². The number of nitrogens with two attached hydrogens (primary N) is 1. The number of hydrogen-bond acceptors (Lipinski definition) is 7. The van der Waals surface area contributed by atoms with Gasteiger partial charge < -0.3 is 20.2 Å². The molecule has 27 heavy (non-hydrogen) atoms. The summed E-state index contributed by atoms with van der Waals surface area (Å²) in [5.74, 6) is 1.95. The molecule has 0 fully saturated rings. The lowest BCUT2D eigenvalue weighted by Crippen LogP contribution is -2.34. The summed E-state index contributed by atoms with van der Waals surface area (Å²) in [7, 11) is 0. The van der Waals surface area contributed by atoms with Crippen molar-refractivity contribution in [2.45, 2.75) is 58.2 Å². The van der Waals surface area contributed by atoms with Gasteiger partial charge in [0.25, 0.3) is 0 Å². The van der Waals surface area contributed by atoms with E-state index in [0.717, 1.165) is 37.5 Å². The van der Waals surface area contributed by atoms with Crippen LogP contribution in [0.3, 0.4) is 0 Å². The quantitative estimate of drug-likeness (QED) is 0.706. The highest BCUT2D eigenvalue weighted by molar-refractivity contribution is 5.85. The van der Waals surface area contributed by atoms with Crippen LogP contribution in [0.1, 0.15) is 56.8 Å². The van der Waals surface area contributed by atoms with Crippen LogP contribution in [0.25, 0.3) is 11.2 Å². The molecule has 0 radical (unpaired) electrons. The third-order valence-corrected chi connectivity index (χ3v) is 5.07. The molecule has 1 aliphatic rings. The van der Waals surface area contributed by atoms with Gasteiger partial charge in [0.1, 0.15) is 23.7 Å². The Balaban J connectivity index is 1.53. The SMILES string of the molecule is CC(NC(=O)C(C)n1cnc2c(N)ncnc21)c1nnc2n1CCCCC2. The van der Waals surface area contributed by atoms with E-state index in [-0.39, 0.29) is 11.9 Å². The second-order valence-corrected chi connectivity index (χ2v) is 6.93. The zero-order valence-corrected chi connectivity index (χ0v) is 15.5. The van der Waals surface area contributed by atoms with Crippen molar-refractivity contribution in [3.05, 3.63) is 24.3 Å². The third-order valence-electron chi connectivity index (χ3n) is 5.07. The number of carbonyl (C=O) groups is 1. The predicted octanol–water partition coefficient (Wildman–Crippen LogP) is 1.16. The first-order chi connectivity index (χ1) is 13.1. The van der Waals surface area contributed by atoms with Crippen molar-refractivity contribution in [3.63, 3.8) is 0 Å². The summed E-state index contributed by atoms with van der Waals surface area (Å²) >= 11 is 0. The number of anilines is 1. The maximum absolute atomic E-state index is 12.8. The molecule has 1 amide bonds. The molecule has 0 spiro atoms. The molecule has 0 bridgehead atoms. The molecule has 1 aliphatic heterocycles. The number of aryl methyl sites for hydroxylation is 1. The van der Waals surface area contributed by atoms with Gasteiger partial charge in [0.2, 0.25) is 5.91 Å². The van der Waals surface area contributed by atoms with Crippen LogP contribution in [0.4, 0.5) is 5.82 Å². The van der Waals surface area contributed by atoms with Crippen molar-refractivity contribution in [1.29, 1.82) is 0 Å². The molecule has 0 saturated carbocycles. The number of imidazole rings is 1. The number of nitrogens with one attached hydrogen (secondary N) is 1. The maximum Gasteiger partial charge on any atom is 0.243 e. The van der Waals surface area contributed by atoms with Gasteiger partial charge in [-0.3, -0.25) is 4.79 Å². The van der Waals surface area contributed by atoms with Crippen molar-refractivity contribution >= 4 is 22.9 Å². The van der Waals surface area contributed by atoms with Gasteiger partial charge >= 0.3 is 0 Å². The van der Waals surface area contributed by atoms with E-state index in [4.69, 9.17) is 5.73 Å². The highest BCUT2D eigenvalue weighted by atomic mass is 16.2. The lowest BCUT2D eigenvalue weighted by Gasteiger charge is -2.19. The highest BCUT2D eigenvalue weighted by Crippen LogP contribution is 2.21. The van der Waals surface area contributed by atoms with E-state index >= 15 is 0 Å². The van der Waals surface area contributed by atoms with Gasteiger partial charge in [-0.2, -0.15) is 0 Å². The molecule has 3 aromatic rings. The van der Waals surface area contributed by atoms with Crippen LogP contribution < -0.4 is 11.1 Å². The van der Waals surface area contributed by atoms with Crippen LogP contribution in [-0.4, -0.2) is 40.2 Å². The molecule has 142 valence electrons. The van der Waals surface area contributed by atoms with Gasteiger partial charge in [-0.1, -0.05) is 6.42 Å². The fourth-order valence-electron chi connectivity index (χ4n) is 3.51. The molecule has 2 unspecified atom stereocenters. The minimum Gasteiger partial charge on any atom is -0.382 e. The van der Waals surface area contributed by atoms with Crippen molar-refractivity contribution in [2.75, 3.05) is 5.73 Å². The van der Waals surface area contributed by atoms with Crippen molar-refractivity contribution < 1.29 is 4.79 Å². The van der Waals surface area contributed by atoms with E-state index in [1.807, 2.05) is 6.92 Å². The Morgan fingerprint density at radius 3 is 2.89 bits per heavy atom. The number of nitrogen functional groups attached to an aromatic ring is 1. The molecule has 4 heterocycles. The molecule has 0 aromatic carbocycles. The zero-order valence-electron chi connectivity index (χ0n) is 15.5. The molecule has 10 nitrogen and oxygen atoms in total. The van der Waals surface area contributed by atoms with E-state index in [0.29, 0.717) is 17.0 Å². The Morgan fingerprint density at radius 2 is 2.04 bits per heavy atom. The van der Waals surface area contributed by atoms with Crippen LogP contribution in [0.5, 0.6) is 0 Å². The van der Waals surface area contributed by atoms with E-state index in [2.05, 4.69) is 35.0 Å². The molecule has 3 aromatic heterocycles. The van der Waals surface area contributed by atoms with Crippen molar-refractivity contribution in [1.82, 2.24) is 39.6 Å². The first-order valence-corrected chi connectivity index (χ1v) is 9.21. The van der Waals surface area contributed by atoms with Gasteiger partial charge in [-0.05, 0) is 26.7 Å². The Hall–Kier alpha value is -3.04. The largest absolute Gasteiger partial charge is 0.382 e. The number of carbonyl (C=O) groups excluding carboxylic acids is 1. The topological polar surface area (TPSA) is 129 Å². The van der Waals surface area contributed by atoms with Gasteiger partial charge in [0.15, 0.2) is 17.3 Å². The molecule has 10 heteroatoms. The molecule has 0 saturated heterocycles. The number of amides is 1. The minimum atomic E-state index is -0.502. The third kappa shape index (κ3) is 3.11. The molecular weight excluding hydrogens is 346 g/mol. The Morgan fingerprint density at radius 1 is 1.19 bits per heavy atom. The second-order valence-electron chi connectivity index (χ2n) is 6.93. The summed E-state index contributed by atoms with van der Waals surface area (Å²) in [6, 6.07) is -0.743. The normalized spacial score (nSPS) is 16.5. The smallest absolute Gasteiger partial charge is 0.243 e. The molecule has 0 aliphatic carbocycles. The van der Waals surface area contributed by atoms with Gasteiger partial charge in [-0.15, -0.1) is 10.2 Å². The standard InChI is InChI=1S/C17H23N9O/c1-10(15-24-23-12-6-4-3-5-7-25(12)15)22-17(27)11(2)26-9-21-13-14(18)19-8-20-16(13)26/h8-11H,3-7H2,1-2H3,(H,22,27)(H2,18,19,20). The monoisotopic (exact) mass is 369 g/mol. The molecule has 2 atom stereocenters. The second kappa shape index (κ2) is 6.93. The lowest BCUT2D eigenvalue weighted by atomic mass is 10.2. The van der Waals surface area contributed by atoms with Crippen LogP contribution in [-0.2, 0) is 17.8 Å². The first-order valence-electron chi connectivity index (χ1n) is 9.21.